The molecular weight excluding hydrogens is 410 g/mol. The van der Waals surface area contributed by atoms with Crippen molar-refractivity contribution in [2.75, 3.05) is 16.2 Å². The van der Waals surface area contributed by atoms with E-state index in [1.807, 2.05) is 39.8 Å². The normalized spacial score (nSPS) is 13.2. The van der Waals surface area contributed by atoms with E-state index < -0.39 is 10.0 Å². The van der Waals surface area contributed by atoms with Crippen LogP contribution in [0.5, 0.6) is 0 Å². The number of carbonyl (C=O) groups excluding carboxylic acids is 1. The van der Waals surface area contributed by atoms with Gasteiger partial charge in [0, 0.05) is 24.6 Å². The molecule has 4 rings (SSSR count). The number of sulfonamides is 1. The third kappa shape index (κ3) is 3.81. The van der Waals surface area contributed by atoms with E-state index in [1.54, 1.807) is 41.6 Å². The third-order valence-electron chi connectivity index (χ3n) is 5.95. The highest BCUT2D eigenvalue weighted by Crippen LogP contribution is 2.34. The van der Waals surface area contributed by atoms with E-state index in [0.717, 1.165) is 39.9 Å². The molecule has 6 nitrogen and oxygen atoms in total. The molecule has 160 valence electrons. The predicted octanol–water partition coefficient (Wildman–Crippen LogP) is 4.32. The second-order valence-corrected chi connectivity index (χ2v) is 9.61. The third-order valence-corrected chi connectivity index (χ3v) is 7.61. The van der Waals surface area contributed by atoms with Crippen LogP contribution in [0.2, 0.25) is 0 Å². The van der Waals surface area contributed by atoms with Crippen LogP contribution in [0.1, 0.15) is 38.2 Å². The molecule has 3 aromatic rings. The van der Waals surface area contributed by atoms with Gasteiger partial charge in [-0.05, 0) is 86.2 Å². The Labute approximate surface area is 183 Å². The molecule has 0 bridgehead atoms. The van der Waals surface area contributed by atoms with Gasteiger partial charge in [-0.3, -0.25) is 14.5 Å². The Hall–Kier alpha value is -3.19. The number of amides is 1. The minimum Gasteiger partial charge on any atom is -0.308 e. The zero-order valence-electron chi connectivity index (χ0n) is 18.1. The summed E-state index contributed by atoms with van der Waals surface area (Å²) in [6.45, 7) is 8.03. The first-order chi connectivity index (χ1) is 14.7. The minimum absolute atomic E-state index is 0.146. The molecule has 1 amide bonds. The lowest BCUT2D eigenvalue weighted by Crippen LogP contribution is -2.29. The molecule has 1 aliphatic heterocycles. The van der Waals surface area contributed by atoms with Crippen molar-refractivity contribution in [2.45, 2.75) is 39.0 Å². The molecule has 0 aliphatic carbocycles. The van der Waals surface area contributed by atoms with Gasteiger partial charge in [0.25, 0.3) is 15.9 Å². The molecule has 1 N–H and O–H groups in total. The van der Waals surface area contributed by atoms with E-state index in [2.05, 4.69) is 9.71 Å². The monoisotopic (exact) mass is 435 g/mol. The molecule has 1 aliphatic rings. The molecule has 0 spiro atoms. The van der Waals surface area contributed by atoms with Crippen molar-refractivity contribution in [3.05, 3.63) is 82.2 Å². The molecule has 0 unspecified atom stereocenters. The van der Waals surface area contributed by atoms with Gasteiger partial charge in [-0.1, -0.05) is 12.1 Å². The number of pyridine rings is 1. The average Bonchev–Trinajstić information content (AvgIpc) is 3.15. The van der Waals surface area contributed by atoms with Crippen LogP contribution in [0.25, 0.3) is 0 Å². The Morgan fingerprint density at radius 3 is 2.39 bits per heavy atom. The fourth-order valence-electron chi connectivity index (χ4n) is 4.09. The lowest BCUT2D eigenvalue weighted by Gasteiger charge is -2.19. The number of anilines is 2. The van der Waals surface area contributed by atoms with E-state index in [1.165, 1.54) is 0 Å². The Bertz CT molecular complexity index is 1260. The minimum atomic E-state index is -3.79. The van der Waals surface area contributed by atoms with Crippen LogP contribution in [0.4, 0.5) is 11.4 Å². The highest BCUT2D eigenvalue weighted by molar-refractivity contribution is 7.92. The molecule has 1 aromatic heterocycles. The summed E-state index contributed by atoms with van der Waals surface area (Å²) in [5.74, 6) is -0.146. The van der Waals surface area contributed by atoms with Crippen LogP contribution < -0.4 is 9.62 Å². The summed E-state index contributed by atoms with van der Waals surface area (Å²) in [6.07, 6.45) is 3.89. The number of aryl methyl sites for hydroxylation is 2. The maximum Gasteiger partial charge on any atom is 0.262 e. The number of rotatable bonds is 4. The molecular formula is C24H25N3O3S. The van der Waals surface area contributed by atoms with Crippen LogP contribution >= 0.6 is 0 Å². The van der Waals surface area contributed by atoms with E-state index in [4.69, 9.17) is 0 Å². The maximum atomic E-state index is 13.3. The van der Waals surface area contributed by atoms with E-state index >= 15 is 0 Å². The summed E-state index contributed by atoms with van der Waals surface area (Å²) < 4.78 is 29.3. The van der Waals surface area contributed by atoms with Crippen molar-refractivity contribution >= 4 is 27.3 Å². The van der Waals surface area contributed by atoms with Gasteiger partial charge >= 0.3 is 0 Å². The average molecular weight is 436 g/mol. The lowest BCUT2D eigenvalue weighted by atomic mass is 10.0. The van der Waals surface area contributed by atoms with Crippen molar-refractivity contribution in [3.8, 4) is 0 Å². The summed E-state index contributed by atoms with van der Waals surface area (Å²) in [4.78, 5) is 19.0. The number of hydrogen-bond acceptors (Lipinski definition) is 4. The van der Waals surface area contributed by atoms with Crippen molar-refractivity contribution in [2.24, 2.45) is 0 Å². The fourth-order valence-corrected chi connectivity index (χ4v) is 5.76. The van der Waals surface area contributed by atoms with Crippen LogP contribution in [0.3, 0.4) is 0 Å². The van der Waals surface area contributed by atoms with Gasteiger partial charge in [0.1, 0.15) is 0 Å². The smallest absolute Gasteiger partial charge is 0.262 e. The Balaban J connectivity index is 1.69. The summed E-state index contributed by atoms with van der Waals surface area (Å²) in [7, 11) is -3.79. The topological polar surface area (TPSA) is 79.4 Å². The zero-order chi connectivity index (χ0) is 22.3. The second-order valence-electron chi connectivity index (χ2n) is 7.99. The van der Waals surface area contributed by atoms with Crippen LogP contribution in [-0.4, -0.2) is 25.9 Å². The van der Waals surface area contributed by atoms with E-state index in [0.29, 0.717) is 22.7 Å². The van der Waals surface area contributed by atoms with Gasteiger partial charge in [0.05, 0.1) is 16.1 Å². The highest BCUT2D eigenvalue weighted by atomic mass is 32.2. The van der Waals surface area contributed by atoms with Crippen LogP contribution in [-0.2, 0) is 16.4 Å². The van der Waals surface area contributed by atoms with Gasteiger partial charge in [-0.15, -0.1) is 0 Å². The molecule has 0 saturated carbocycles. The molecule has 0 fully saturated rings. The largest absolute Gasteiger partial charge is 0.308 e. The van der Waals surface area contributed by atoms with Crippen molar-refractivity contribution in [1.82, 2.24) is 4.98 Å². The second kappa shape index (κ2) is 7.81. The molecule has 2 heterocycles. The predicted molar refractivity (Wildman–Crippen MR) is 122 cm³/mol. The van der Waals surface area contributed by atoms with Gasteiger partial charge < -0.3 is 4.90 Å². The maximum absolute atomic E-state index is 13.3. The van der Waals surface area contributed by atoms with E-state index in [9.17, 15) is 13.2 Å². The molecule has 7 heteroatoms. The Morgan fingerprint density at radius 2 is 1.74 bits per heavy atom. The number of fused-ring (bicyclic) bond motifs is 1. The Kier molecular flexibility index (Phi) is 5.31. The van der Waals surface area contributed by atoms with Gasteiger partial charge in [-0.25, -0.2) is 8.42 Å². The van der Waals surface area contributed by atoms with Crippen LogP contribution in [0.15, 0.2) is 53.7 Å². The van der Waals surface area contributed by atoms with Crippen molar-refractivity contribution in [1.29, 1.82) is 0 Å². The standard InChI is InChI=1S/C24H25N3O3S/c1-15-12-16(2)18(4)23(17(15)3)31(29,30)26-21-8-7-19-9-11-27(22(19)13-21)24(28)20-6-5-10-25-14-20/h5-8,10,12-14,26H,9,11H2,1-4H3. The first kappa shape index (κ1) is 21.1. The Morgan fingerprint density at radius 1 is 1.03 bits per heavy atom. The summed E-state index contributed by atoms with van der Waals surface area (Å²) >= 11 is 0. The van der Waals surface area contributed by atoms with Gasteiger partial charge in [-0.2, -0.15) is 0 Å². The number of hydrogen-bond donors (Lipinski definition) is 1. The summed E-state index contributed by atoms with van der Waals surface area (Å²) in [5, 5.41) is 0. The molecule has 0 saturated heterocycles. The quantitative estimate of drug-likeness (QED) is 0.662. The zero-order valence-corrected chi connectivity index (χ0v) is 18.9. The van der Waals surface area contributed by atoms with Gasteiger partial charge in [0.2, 0.25) is 0 Å². The number of nitrogens with zero attached hydrogens (tertiary/aromatic N) is 2. The van der Waals surface area contributed by atoms with Crippen molar-refractivity contribution in [3.63, 3.8) is 0 Å². The number of aromatic nitrogens is 1. The number of nitrogens with one attached hydrogen (secondary N) is 1. The SMILES string of the molecule is Cc1cc(C)c(C)c(S(=O)(=O)Nc2ccc3c(c2)N(C(=O)c2cccnc2)CC3)c1C. The van der Waals surface area contributed by atoms with Crippen LogP contribution in [0, 0.1) is 27.7 Å². The highest BCUT2D eigenvalue weighted by Gasteiger charge is 2.27. The summed E-state index contributed by atoms with van der Waals surface area (Å²) in [6, 6.07) is 10.8. The number of benzene rings is 2. The number of carbonyl (C=O) groups is 1. The molecule has 2 aromatic carbocycles. The molecule has 0 radical (unpaired) electrons. The first-order valence-electron chi connectivity index (χ1n) is 10.1. The molecule has 31 heavy (non-hydrogen) atoms. The first-order valence-corrected chi connectivity index (χ1v) is 11.6. The molecule has 0 atom stereocenters. The van der Waals surface area contributed by atoms with Crippen molar-refractivity contribution < 1.29 is 13.2 Å². The lowest BCUT2D eigenvalue weighted by molar-refractivity contribution is 0.0989. The van der Waals surface area contributed by atoms with Gasteiger partial charge in [0.15, 0.2) is 0 Å². The fraction of sp³-hybridized carbons (Fsp3) is 0.250. The van der Waals surface area contributed by atoms with E-state index in [-0.39, 0.29) is 5.91 Å². The summed E-state index contributed by atoms with van der Waals surface area (Å²) in [5.41, 5.74) is 6.03.